The Hall–Kier alpha value is -2.06. The third kappa shape index (κ3) is 4.02. The number of hydrogen-bond acceptors (Lipinski definition) is 5. The molecule has 0 fully saturated rings. The molecule has 0 spiro atoms. The summed E-state index contributed by atoms with van der Waals surface area (Å²) in [5.74, 6) is -0.326. The maximum absolute atomic E-state index is 12.2. The number of nitrogens with zero attached hydrogens (tertiary/aromatic N) is 2. The summed E-state index contributed by atoms with van der Waals surface area (Å²) >= 11 is 4.32. The molecule has 2 aromatic carbocycles. The number of hydrogen-bond donors (Lipinski definition) is 1. The smallest absolute Gasteiger partial charge is 0.284 e. The van der Waals surface area contributed by atoms with E-state index in [-0.39, 0.29) is 22.9 Å². The van der Waals surface area contributed by atoms with E-state index in [0.29, 0.717) is 14.3 Å². The zero-order chi connectivity index (χ0) is 17.1. The van der Waals surface area contributed by atoms with Crippen molar-refractivity contribution in [2.75, 3.05) is 14.1 Å². The fraction of sp³-hybridized carbons (Fsp3) is 0.133. The van der Waals surface area contributed by atoms with Crippen LogP contribution in [0.3, 0.4) is 0 Å². The van der Waals surface area contributed by atoms with E-state index in [1.54, 1.807) is 32.3 Å². The number of carbonyl (C=O) groups is 1. The van der Waals surface area contributed by atoms with E-state index >= 15 is 0 Å². The number of nitro groups is 1. The summed E-state index contributed by atoms with van der Waals surface area (Å²) in [5, 5.41) is 20.8. The highest BCUT2D eigenvalue weighted by atomic mass is 79.9. The molecule has 2 aromatic rings. The van der Waals surface area contributed by atoms with Gasteiger partial charge in [-0.15, -0.1) is 0 Å². The van der Waals surface area contributed by atoms with Crippen LogP contribution in [0, 0.1) is 10.1 Å². The summed E-state index contributed by atoms with van der Waals surface area (Å²) in [6.45, 7) is 0. The van der Waals surface area contributed by atoms with Crippen LogP contribution < -0.4 is 0 Å². The number of nitro benzene ring substituents is 1. The second-order valence-corrected chi connectivity index (χ2v) is 6.85. The van der Waals surface area contributed by atoms with Crippen LogP contribution in [0.1, 0.15) is 10.4 Å². The first kappa shape index (κ1) is 17.3. The molecule has 0 aliphatic rings. The molecule has 2 rings (SSSR count). The highest BCUT2D eigenvalue weighted by molar-refractivity contribution is 9.10. The van der Waals surface area contributed by atoms with Gasteiger partial charge >= 0.3 is 0 Å². The first-order valence-electron chi connectivity index (χ1n) is 6.46. The van der Waals surface area contributed by atoms with Crippen LogP contribution in [0.15, 0.2) is 50.7 Å². The summed E-state index contributed by atoms with van der Waals surface area (Å²) in [5.41, 5.74) is 0.234. The molecule has 0 heterocycles. The fourth-order valence-electron chi connectivity index (χ4n) is 1.85. The van der Waals surface area contributed by atoms with E-state index in [0.717, 1.165) is 11.8 Å². The topological polar surface area (TPSA) is 83.7 Å². The molecule has 6 nitrogen and oxygen atoms in total. The SMILES string of the molecule is CN(C)C(=O)c1cc(O)ccc1Sc1ccc(Br)cc1[N+](=O)[O-]. The molecule has 0 aliphatic heterocycles. The zero-order valence-electron chi connectivity index (χ0n) is 12.3. The minimum Gasteiger partial charge on any atom is -0.508 e. The van der Waals surface area contributed by atoms with E-state index in [2.05, 4.69) is 15.9 Å². The summed E-state index contributed by atoms with van der Waals surface area (Å²) in [6.07, 6.45) is 0. The van der Waals surface area contributed by atoms with E-state index in [1.807, 2.05) is 0 Å². The molecule has 0 saturated carbocycles. The molecular weight excluding hydrogens is 384 g/mol. The molecule has 0 aliphatic carbocycles. The van der Waals surface area contributed by atoms with Crippen LogP contribution in [-0.2, 0) is 0 Å². The molecule has 0 atom stereocenters. The standard InChI is InChI=1S/C15H13BrN2O4S/c1-17(2)15(20)11-8-10(19)4-6-13(11)23-14-5-3-9(16)7-12(14)18(21)22/h3-8,19H,1-2H3. The van der Waals surface area contributed by atoms with Crippen molar-refractivity contribution >= 4 is 39.3 Å². The number of carbonyl (C=O) groups excluding carboxylic acids is 1. The fourth-order valence-corrected chi connectivity index (χ4v) is 3.21. The second-order valence-electron chi connectivity index (χ2n) is 4.85. The molecular formula is C15H13BrN2O4S. The maximum Gasteiger partial charge on any atom is 0.284 e. The minimum atomic E-state index is -0.471. The van der Waals surface area contributed by atoms with Crippen molar-refractivity contribution in [1.29, 1.82) is 0 Å². The van der Waals surface area contributed by atoms with Crippen molar-refractivity contribution in [3.63, 3.8) is 0 Å². The highest BCUT2D eigenvalue weighted by Gasteiger charge is 2.20. The van der Waals surface area contributed by atoms with Gasteiger partial charge in [0.1, 0.15) is 5.75 Å². The Kier molecular flexibility index (Phi) is 5.27. The van der Waals surface area contributed by atoms with Crippen molar-refractivity contribution in [3.05, 3.63) is 56.5 Å². The molecule has 0 radical (unpaired) electrons. The predicted octanol–water partition coefficient (Wildman–Crippen LogP) is 3.92. The summed E-state index contributed by atoms with van der Waals surface area (Å²) < 4.78 is 0.601. The van der Waals surface area contributed by atoms with Crippen molar-refractivity contribution in [2.24, 2.45) is 0 Å². The van der Waals surface area contributed by atoms with Crippen LogP contribution in [-0.4, -0.2) is 34.9 Å². The lowest BCUT2D eigenvalue weighted by atomic mass is 10.2. The van der Waals surface area contributed by atoms with Crippen LogP contribution in [0.4, 0.5) is 5.69 Å². The number of phenols is 1. The lowest BCUT2D eigenvalue weighted by Crippen LogP contribution is -2.22. The molecule has 0 bridgehead atoms. The van der Waals surface area contributed by atoms with Crippen molar-refractivity contribution < 1.29 is 14.8 Å². The number of phenolic OH excluding ortho intramolecular Hbond substituents is 1. The van der Waals surface area contributed by atoms with Crippen LogP contribution in [0.25, 0.3) is 0 Å². The van der Waals surface area contributed by atoms with Gasteiger partial charge < -0.3 is 10.0 Å². The highest BCUT2D eigenvalue weighted by Crippen LogP contribution is 2.38. The molecule has 1 N–H and O–H groups in total. The van der Waals surface area contributed by atoms with Crippen LogP contribution in [0.5, 0.6) is 5.75 Å². The first-order valence-corrected chi connectivity index (χ1v) is 8.07. The monoisotopic (exact) mass is 396 g/mol. The zero-order valence-corrected chi connectivity index (χ0v) is 14.7. The van der Waals surface area contributed by atoms with E-state index < -0.39 is 4.92 Å². The lowest BCUT2D eigenvalue weighted by Gasteiger charge is -2.14. The van der Waals surface area contributed by atoms with Gasteiger partial charge in [-0.25, -0.2) is 0 Å². The number of benzene rings is 2. The summed E-state index contributed by atoms with van der Waals surface area (Å²) in [4.78, 5) is 25.3. The van der Waals surface area contributed by atoms with Gasteiger partial charge in [0, 0.05) is 29.5 Å². The minimum absolute atomic E-state index is 0.0372. The average Bonchev–Trinajstić information content (AvgIpc) is 2.49. The summed E-state index contributed by atoms with van der Waals surface area (Å²) in [6, 6.07) is 9.10. The second kappa shape index (κ2) is 7.01. The quantitative estimate of drug-likeness (QED) is 0.625. The largest absolute Gasteiger partial charge is 0.508 e. The van der Waals surface area contributed by atoms with Gasteiger partial charge in [-0.05, 0) is 30.3 Å². The van der Waals surface area contributed by atoms with Gasteiger partial charge in [0.2, 0.25) is 0 Å². The summed E-state index contributed by atoms with van der Waals surface area (Å²) in [7, 11) is 3.20. The van der Waals surface area contributed by atoms with E-state index in [1.165, 1.54) is 23.1 Å². The van der Waals surface area contributed by atoms with Crippen molar-refractivity contribution in [1.82, 2.24) is 4.90 Å². The van der Waals surface area contributed by atoms with Gasteiger partial charge in [0.15, 0.2) is 0 Å². The Bertz CT molecular complexity index is 780. The predicted molar refractivity (Wildman–Crippen MR) is 91.0 cm³/mol. The van der Waals surface area contributed by atoms with Gasteiger partial charge in [-0.2, -0.15) is 0 Å². The Morgan fingerprint density at radius 2 is 1.87 bits per heavy atom. The molecule has 120 valence electrons. The van der Waals surface area contributed by atoms with Gasteiger partial charge in [0.25, 0.3) is 11.6 Å². The molecule has 0 saturated heterocycles. The maximum atomic E-state index is 12.2. The van der Waals surface area contributed by atoms with Crippen LogP contribution in [0.2, 0.25) is 0 Å². The lowest BCUT2D eigenvalue weighted by molar-refractivity contribution is -0.387. The Morgan fingerprint density at radius 3 is 2.48 bits per heavy atom. The molecule has 1 amide bonds. The molecule has 23 heavy (non-hydrogen) atoms. The van der Waals surface area contributed by atoms with Crippen molar-refractivity contribution in [2.45, 2.75) is 9.79 Å². The molecule has 8 heteroatoms. The van der Waals surface area contributed by atoms with Gasteiger partial charge in [-0.1, -0.05) is 27.7 Å². The third-order valence-corrected chi connectivity index (χ3v) is 4.57. The molecule has 0 aromatic heterocycles. The van der Waals surface area contributed by atoms with Gasteiger partial charge in [-0.3, -0.25) is 14.9 Å². The first-order chi connectivity index (χ1) is 10.8. The van der Waals surface area contributed by atoms with Gasteiger partial charge in [0.05, 0.1) is 15.4 Å². The normalized spacial score (nSPS) is 10.4. The number of aromatic hydroxyl groups is 1. The number of halogens is 1. The van der Waals surface area contributed by atoms with Crippen molar-refractivity contribution in [3.8, 4) is 5.75 Å². The Labute approximate surface area is 145 Å². The van der Waals surface area contributed by atoms with Crippen LogP contribution >= 0.6 is 27.7 Å². The Morgan fingerprint density at radius 1 is 1.22 bits per heavy atom. The number of amides is 1. The Balaban J connectivity index is 2.49. The van der Waals surface area contributed by atoms with E-state index in [9.17, 15) is 20.0 Å². The third-order valence-electron chi connectivity index (χ3n) is 2.94. The molecule has 0 unspecified atom stereocenters. The van der Waals surface area contributed by atoms with E-state index in [4.69, 9.17) is 0 Å². The number of rotatable bonds is 4. The average molecular weight is 397 g/mol.